The van der Waals surface area contributed by atoms with Gasteiger partial charge in [-0.1, -0.05) is 36.4 Å². The molecule has 0 atom stereocenters. The van der Waals surface area contributed by atoms with Crippen LogP contribution in [0.3, 0.4) is 0 Å². The molecule has 1 aliphatic rings. The largest absolute Gasteiger partial charge is 0.465 e. The van der Waals surface area contributed by atoms with E-state index in [1.54, 1.807) is 12.2 Å². The summed E-state index contributed by atoms with van der Waals surface area (Å²) in [5, 5.41) is 1.76. The molecule has 148 valence electrons. The minimum absolute atomic E-state index is 0.372. The quantitative estimate of drug-likeness (QED) is 0.491. The van der Waals surface area contributed by atoms with Crippen molar-refractivity contribution < 1.29 is 19.1 Å². The second-order valence-electron chi connectivity index (χ2n) is 7.02. The summed E-state index contributed by atoms with van der Waals surface area (Å²) in [6.07, 6.45) is 3.51. The third kappa shape index (κ3) is 2.58. The number of rotatable bonds is 2. The number of hydrogen-bond acceptors (Lipinski definition) is 4. The molecule has 0 radical (unpaired) electrons. The van der Waals surface area contributed by atoms with Crippen LogP contribution in [0.25, 0.3) is 45.1 Å². The van der Waals surface area contributed by atoms with Gasteiger partial charge in [0.1, 0.15) is 0 Å². The molecular formula is C24H18N2O4. The number of benzene rings is 2. The zero-order chi connectivity index (χ0) is 20.8. The first-order valence-corrected chi connectivity index (χ1v) is 9.44. The highest BCUT2D eigenvalue weighted by molar-refractivity contribution is 6.31. The Morgan fingerprint density at radius 2 is 1.33 bits per heavy atom. The number of ether oxygens (including phenoxy) is 2. The number of para-hydroxylation sites is 2. The number of nitrogens with one attached hydrogen (secondary N) is 2. The summed E-state index contributed by atoms with van der Waals surface area (Å²) in [5.41, 5.74) is 5.15. The molecule has 0 aliphatic heterocycles. The summed E-state index contributed by atoms with van der Waals surface area (Å²) < 4.78 is 10.2. The maximum absolute atomic E-state index is 12.8. The van der Waals surface area contributed by atoms with Crippen LogP contribution < -0.4 is 0 Å². The normalized spacial score (nSPS) is 13.0. The molecule has 0 saturated heterocycles. The Labute approximate surface area is 171 Å². The van der Waals surface area contributed by atoms with Gasteiger partial charge in [-0.05, 0) is 24.3 Å². The van der Waals surface area contributed by atoms with Gasteiger partial charge in [0.05, 0.1) is 31.1 Å². The van der Waals surface area contributed by atoms with Crippen molar-refractivity contribution in [1.29, 1.82) is 0 Å². The minimum Gasteiger partial charge on any atom is -0.465 e. The van der Waals surface area contributed by atoms with Crippen LogP contribution in [0.4, 0.5) is 0 Å². The van der Waals surface area contributed by atoms with Crippen LogP contribution in [0.5, 0.6) is 0 Å². The lowest BCUT2D eigenvalue weighted by molar-refractivity contribution is -0.134. The first-order chi connectivity index (χ1) is 14.6. The average Bonchev–Trinajstić information content (AvgIpc) is 3.31. The number of esters is 2. The molecule has 5 rings (SSSR count). The lowest BCUT2D eigenvalue weighted by Crippen LogP contribution is -2.09. The lowest BCUT2D eigenvalue weighted by atomic mass is 9.93. The van der Waals surface area contributed by atoms with Crippen molar-refractivity contribution >= 4 is 57.0 Å². The maximum atomic E-state index is 12.8. The predicted molar refractivity (Wildman–Crippen MR) is 116 cm³/mol. The number of H-pyrrole nitrogens is 2. The monoisotopic (exact) mass is 398 g/mol. The second kappa shape index (κ2) is 6.77. The van der Waals surface area contributed by atoms with Gasteiger partial charge in [-0.2, -0.15) is 0 Å². The Morgan fingerprint density at radius 1 is 0.733 bits per heavy atom. The van der Waals surface area contributed by atoms with Crippen molar-refractivity contribution in [2.45, 2.75) is 0 Å². The van der Waals surface area contributed by atoms with Crippen LogP contribution in [0, 0.1) is 0 Å². The molecule has 2 N–H and O–H groups in total. The van der Waals surface area contributed by atoms with Crippen molar-refractivity contribution in [3.05, 3.63) is 71.0 Å². The van der Waals surface area contributed by atoms with Crippen LogP contribution in [-0.2, 0) is 19.1 Å². The zero-order valence-electron chi connectivity index (χ0n) is 16.4. The third-order valence-corrected chi connectivity index (χ3v) is 5.41. The van der Waals surface area contributed by atoms with E-state index < -0.39 is 11.9 Å². The summed E-state index contributed by atoms with van der Waals surface area (Å²) in [7, 11) is 2.72. The molecule has 2 aromatic heterocycles. The molecule has 0 unspecified atom stereocenters. The average molecular weight is 398 g/mol. The topological polar surface area (TPSA) is 84.2 Å². The Morgan fingerprint density at radius 3 is 2.03 bits per heavy atom. The zero-order valence-corrected chi connectivity index (χ0v) is 16.4. The molecule has 0 fully saturated rings. The van der Waals surface area contributed by atoms with Gasteiger partial charge in [0.25, 0.3) is 0 Å². The Hall–Kier alpha value is -4.06. The molecule has 2 aromatic carbocycles. The van der Waals surface area contributed by atoms with E-state index in [1.165, 1.54) is 14.2 Å². The van der Waals surface area contributed by atoms with Gasteiger partial charge in [-0.15, -0.1) is 0 Å². The van der Waals surface area contributed by atoms with Crippen LogP contribution in [0.15, 0.2) is 48.5 Å². The van der Waals surface area contributed by atoms with Gasteiger partial charge < -0.3 is 19.4 Å². The molecule has 30 heavy (non-hydrogen) atoms. The highest BCUT2D eigenvalue weighted by atomic mass is 16.5. The number of carbonyl (C=O) groups is 2. The Kier molecular flexibility index (Phi) is 4.06. The van der Waals surface area contributed by atoms with Crippen molar-refractivity contribution in [2.75, 3.05) is 14.2 Å². The van der Waals surface area contributed by atoms with Gasteiger partial charge in [0, 0.05) is 38.6 Å². The van der Waals surface area contributed by atoms with E-state index >= 15 is 0 Å². The summed E-state index contributed by atoms with van der Waals surface area (Å²) in [5.74, 6) is -0.922. The van der Waals surface area contributed by atoms with Gasteiger partial charge in [0.2, 0.25) is 0 Å². The smallest absolute Gasteiger partial charge is 0.340 e. The fraction of sp³-hybridized carbons (Fsp3) is 0.0833. The van der Waals surface area contributed by atoms with E-state index in [2.05, 4.69) is 9.97 Å². The number of carbonyl (C=O) groups excluding carboxylic acids is 2. The Bertz CT molecular complexity index is 1400. The molecule has 4 aromatic rings. The minimum atomic E-state index is -0.470. The van der Waals surface area contributed by atoms with E-state index in [0.29, 0.717) is 28.1 Å². The van der Waals surface area contributed by atoms with Crippen molar-refractivity contribution in [2.24, 2.45) is 0 Å². The molecule has 1 aliphatic carbocycles. The number of methoxy groups -OCH3 is 2. The van der Waals surface area contributed by atoms with E-state index in [0.717, 1.165) is 27.4 Å². The first-order valence-electron chi connectivity index (χ1n) is 9.44. The van der Waals surface area contributed by atoms with Gasteiger partial charge in [-0.3, -0.25) is 0 Å². The molecule has 2 heterocycles. The lowest BCUT2D eigenvalue weighted by Gasteiger charge is -2.13. The molecule has 6 nitrogen and oxygen atoms in total. The second-order valence-corrected chi connectivity index (χ2v) is 7.02. The summed E-state index contributed by atoms with van der Waals surface area (Å²) in [6, 6.07) is 15.4. The standard InChI is InChI=1S/C24H18N2O4/c1-29-23(27)16-11-15-13-7-3-5-9-18(13)26-22(15)17(24(28)30-2)12-20-21(16)14-8-4-6-10-19(14)25-20/h3-12,25-26H,1-2H3. The number of fused-ring (bicyclic) bond motifs is 6. The summed E-state index contributed by atoms with van der Waals surface area (Å²) >= 11 is 0. The number of aromatic nitrogens is 2. The van der Waals surface area contributed by atoms with Gasteiger partial charge >= 0.3 is 11.9 Å². The highest BCUT2D eigenvalue weighted by Crippen LogP contribution is 2.39. The molecule has 0 saturated carbocycles. The van der Waals surface area contributed by atoms with Crippen LogP contribution in [-0.4, -0.2) is 36.1 Å². The van der Waals surface area contributed by atoms with Crippen LogP contribution in [0.2, 0.25) is 0 Å². The van der Waals surface area contributed by atoms with Crippen molar-refractivity contribution in [3.63, 3.8) is 0 Å². The van der Waals surface area contributed by atoms with Crippen molar-refractivity contribution in [3.8, 4) is 0 Å². The highest BCUT2D eigenvalue weighted by Gasteiger charge is 2.28. The third-order valence-electron chi connectivity index (χ3n) is 5.41. The fourth-order valence-corrected chi connectivity index (χ4v) is 4.06. The predicted octanol–water partition coefficient (Wildman–Crippen LogP) is 4.39. The number of aromatic amines is 2. The van der Waals surface area contributed by atoms with E-state index in [9.17, 15) is 9.59 Å². The molecular weight excluding hydrogens is 380 g/mol. The molecule has 0 bridgehead atoms. The van der Waals surface area contributed by atoms with Gasteiger partial charge in [0.15, 0.2) is 0 Å². The van der Waals surface area contributed by atoms with Crippen LogP contribution in [0.1, 0.15) is 22.5 Å². The SMILES string of the molecule is COC(=O)C1=Cc2[nH]c3ccccc3c2C(C(=O)OC)=Cc2c1[nH]c1ccccc21. The number of hydrogen-bond donors (Lipinski definition) is 2. The molecule has 6 heteroatoms. The molecule has 0 amide bonds. The summed E-state index contributed by atoms with van der Waals surface area (Å²) in [6.45, 7) is 0. The fourth-order valence-electron chi connectivity index (χ4n) is 4.06. The van der Waals surface area contributed by atoms with Crippen LogP contribution >= 0.6 is 0 Å². The summed E-state index contributed by atoms with van der Waals surface area (Å²) in [4.78, 5) is 32.2. The maximum Gasteiger partial charge on any atom is 0.340 e. The Balaban J connectivity index is 1.94. The van der Waals surface area contributed by atoms with Crippen molar-refractivity contribution in [1.82, 2.24) is 9.97 Å². The van der Waals surface area contributed by atoms with E-state index in [4.69, 9.17) is 9.47 Å². The van der Waals surface area contributed by atoms with E-state index in [-0.39, 0.29) is 0 Å². The van der Waals surface area contributed by atoms with E-state index in [1.807, 2.05) is 48.5 Å². The van der Waals surface area contributed by atoms with Gasteiger partial charge in [-0.25, -0.2) is 9.59 Å². The molecule has 0 spiro atoms. The first kappa shape index (κ1) is 18.0.